The van der Waals surface area contributed by atoms with E-state index in [0.29, 0.717) is 66.0 Å². The van der Waals surface area contributed by atoms with Gasteiger partial charge in [0, 0.05) is 24.7 Å². The van der Waals surface area contributed by atoms with Crippen LogP contribution >= 0.6 is 11.6 Å². The number of benzene rings is 1. The number of H-pyrrole nitrogens is 1. The topological polar surface area (TPSA) is 107 Å². The fraction of sp³-hybridized carbons (Fsp3) is 0.345. The number of fused-ring (bicyclic) bond motifs is 2. The van der Waals surface area contributed by atoms with Gasteiger partial charge >= 0.3 is 6.18 Å². The standard InChI is InChI=1S/C29H26ClF3N8O2/c30-19-3-1-17(2-4-19)15-43-28-21(29(31,32)33)9-18-5-7-40(13-24(18)38-28)14-26-37-22-10-23(27-35-16-36-39-27)34-11-25(22)41(26)12-20-6-8-42-20/h1-4,9-11,16,20H,5-8,12-15H2,(H,35,36,39)/t20-/m0/s1. The molecule has 43 heavy (non-hydrogen) atoms. The minimum absolute atomic E-state index is 0.0624. The number of ether oxygens (including phenoxy) is 2. The molecule has 0 bridgehead atoms. The number of hydrogen-bond acceptors (Lipinski definition) is 8. The molecule has 0 unspecified atom stereocenters. The average Bonchev–Trinajstić information content (AvgIpc) is 3.61. The summed E-state index contributed by atoms with van der Waals surface area (Å²) in [5, 5.41) is 8.41. The second-order valence-electron chi connectivity index (χ2n) is 10.6. The molecular weight excluding hydrogens is 585 g/mol. The Morgan fingerprint density at radius 1 is 1.14 bits per heavy atom. The highest BCUT2D eigenvalue weighted by Gasteiger charge is 2.37. The summed E-state index contributed by atoms with van der Waals surface area (Å²) in [5.74, 6) is 0.936. The second kappa shape index (κ2) is 11.2. The first-order valence-corrected chi connectivity index (χ1v) is 14.2. The maximum Gasteiger partial charge on any atom is 0.421 e. The molecule has 1 atom stereocenters. The molecule has 2 aliphatic rings. The van der Waals surface area contributed by atoms with Crippen molar-refractivity contribution in [3.05, 3.63) is 82.2 Å². The summed E-state index contributed by atoms with van der Waals surface area (Å²) in [6.07, 6.45) is 0.151. The van der Waals surface area contributed by atoms with Crippen molar-refractivity contribution in [1.29, 1.82) is 0 Å². The molecule has 0 saturated carbocycles. The maximum atomic E-state index is 14.0. The normalized spacial score (nSPS) is 17.2. The van der Waals surface area contributed by atoms with Crippen molar-refractivity contribution < 1.29 is 22.6 Å². The van der Waals surface area contributed by atoms with Crippen molar-refractivity contribution in [2.24, 2.45) is 0 Å². The summed E-state index contributed by atoms with van der Waals surface area (Å²) < 4.78 is 55.4. The Bertz CT molecular complexity index is 1750. The molecule has 5 aromatic rings. The van der Waals surface area contributed by atoms with E-state index in [2.05, 4.69) is 34.6 Å². The molecule has 10 nitrogen and oxygen atoms in total. The lowest BCUT2D eigenvalue weighted by molar-refractivity contribution is -0.139. The van der Waals surface area contributed by atoms with Gasteiger partial charge in [0.15, 0.2) is 5.82 Å². The molecule has 14 heteroatoms. The van der Waals surface area contributed by atoms with Crippen molar-refractivity contribution >= 4 is 22.6 Å². The lowest BCUT2D eigenvalue weighted by Gasteiger charge is -2.30. The Balaban J connectivity index is 1.16. The van der Waals surface area contributed by atoms with Crippen LogP contribution in [0, 0.1) is 0 Å². The van der Waals surface area contributed by atoms with Gasteiger partial charge in [-0.25, -0.2) is 9.97 Å². The van der Waals surface area contributed by atoms with E-state index in [9.17, 15) is 13.2 Å². The van der Waals surface area contributed by atoms with Crippen molar-refractivity contribution in [3.63, 3.8) is 0 Å². The summed E-state index contributed by atoms with van der Waals surface area (Å²) in [4.78, 5) is 19.0. The number of rotatable bonds is 8. The first-order valence-electron chi connectivity index (χ1n) is 13.8. The van der Waals surface area contributed by atoms with Crippen LogP contribution in [0.25, 0.3) is 22.6 Å². The summed E-state index contributed by atoms with van der Waals surface area (Å²) in [5.41, 5.74) is 3.21. The number of halogens is 4. The highest BCUT2D eigenvalue weighted by atomic mass is 35.5. The van der Waals surface area contributed by atoms with Gasteiger partial charge in [-0.3, -0.25) is 9.88 Å². The number of hydrogen-bond donors (Lipinski definition) is 1. The van der Waals surface area contributed by atoms with Gasteiger partial charge in [0.05, 0.1) is 42.1 Å². The Morgan fingerprint density at radius 2 is 1.98 bits per heavy atom. The number of alkyl halides is 3. The summed E-state index contributed by atoms with van der Waals surface area (Å²) in [7, 11) is 0. The number of imidazole rings is 1. The van der Waals surface area contributed by atoms with Gasteiger partial charge in [-0.2, -0.15) is 13.2 Å². The van der Waals surface area contributed by atoms with E-state index in [1.165, 1.54) is 12.4 Å². The summed E-state index contributed by atoms with van der Waals surface area (Å²) >= 11 is 5.93. The molecule has 6 heterocycles. The summed E-state index contributed by atoms with van der Waals surface area (Å²) in [6.45, 7) is 2.69. The van der Waals surface area contributed by atoms with Crippen LogP contribution in [-0.4, -0.2) is 58.9 Å². The van der Waals surface area contributed by atoms with Crippen LogP contribution in [0.3, 0.4) is 0 Å². The molecule has 222 valence electrons. The fourth-order valence-corrected chi connectivity index (χ4v) is 5.49. The first kappa shape index (κ1) is 27.7. The molecule has 2 aliphatic heterocycles. The Kier molecular flexibility index (Phi) is 7.23. The van der Waals surface area contributed by atoms with E-state index >= 15 is 0 Å². The molecule has 1 N–H and O–H groups in total. The zero-order valence-electron chi connectivity index (χ0n) is 22.8. The molecule has 0 amide bonds. The van der Waals surface area contributed by atoms with E-state index in [1.807, 2.05) is 6.07 Å². The Labute approximate surface area is 248 Å². The van der Waals surface area contributed by atoms with Crippen molar-refractivity contribution in [2.45, 2.75) is 51.4 Å². The Hall–Kier alpha value is -4.07. The lowest BCUT2D eigenvalue weighted by atomic mass is 10.0. The lowest BCUT2D eigenvalue weighted by Crippen LogP contribution is -2.34. The van der Waals surface area contributed by atoms with Crippen LogP contribution in [0.15, 0.2) is 48.9 Å². The highest BCUT2D eigenvalue weighted by Crippen LogP contribution is 2.38. The van der Waals surface area contributed by atoms with Crippen molar-refractivity contribution in [3.8, 4) is 17.4 Å². The van der Waals surface area contributed by atoms with Gasteiger partial charge in [0.25, 0.3) is 0 Å². The van der Waals surface area contributed by atoms with Crippen molar-refractivity contribution in [2.75, 3.05) is 13.2 Å². The SMILES string of the molecule is FC(F)(F)c1cc2c(nc1OCc1ccc(Cl)cc1)CN(Cc1nc3cc(-c4nnc[nH]4)ncc3n1C[C@@H]1CCO1)CC2. The minimum Gasteiger partial charge on any atom is -0.472 e. The maximum absolute atomic E-state index is 14.0. The molecule has 0 spiro atoms. The summed E-state index contributed by atoms with van der Waals surface area (Å²) in [6, 6.07) is 9.79. The molecule has 1 aromatic carbocycles. The van der Waals surface area contributed by atoms with E-state index in [0.717, 1.165) is 29.9 Å². The third-order valence-corrected chi connectivity index (χ3v) is 7.99. The zero-order valence-corrected chi connectivity index (χ0v) is 23.6. The van der Waals surface area contributed by atoms with Gasteiger partial charge in [0.2, 0.25) is 5.88 Å². The molecule has 7 rings (SSSR count). The number of nitrogens with zero attached hydrogens (tertiary/aromatic N) is 7. The third kappa shape index (κ3) is 5.79. The highest BCUT2D eigenvalue weighted by molar-refractivity contribution is 6.30. The predicted octanol–water partition coefficient (Wildman–Crippen LogP) is 5.21. The third-order valence-electron chi connectivity index (χ3n) is 7.74. The zero-order chi connectivity index (χ0) is 29.6. The smallest absolute Gasteiger partial charge is 0.421 e. The molecule has 4 aromatic heterocycles. The minimum atomic E-state index is -4.60. The molecule has 0 radical (unpaired) electrons. The van der Waals surface area contributed by atoms with Gasteiger partial charge in [-0.15, -0.1) is 10.2 Å². The van der Waals surface area contributed by atoms with E-state index in [4.69, 9.17) is 26.1 Å². The van der Waals surface area contributed by atoms with E-state index < -0.39 is 17.6 Å². The van der Waals surface area contributed by atoms with Crippen LogP contribution in [0.1, 0.15) is 34.6 Å². The van der Waals surface area contributed by atoms with E-state index in [1.54, 1.807) is 30.5 Å². The van der Waals surface area contributed by atoms with Gasteiger partial charge in [-0.05, 0) is 48.2 Å². The predicted molar refractivity (Wildman–Crippen MR) is 150 cm³/mol. The molecule has 1 fully saturated rings. The number of pyridine rings is 2. The average molecular weight is 611 g/mol. The van der Waals surface area contributed by atoms with E-state index in [-0.39, 0.29) is 12.7 Å². The fourth-order valence-electron chi connectivity index (χ4n) is 5.37. The monoisotopic (exact) mass is 610 g/mol. The number of aromatic amines is 1. The Morgan fingerprint density at radius 3 is 2.70 bits per heavy atom. The van der Waals surface area contributed by atoms with Crippen molar-refractivity contribution in [1.82, 2.24) is 39.6 Å². The largest absolute Gasteiger partial charge is 0.472 e. The van der Waals surface area contributed by atoms with Crippen LogP contribution in [0.2, 0.25) is 5.02 Å². The van der Waals surface area contributed by atoms with Gasteiger partial charge in [0.1, 0.15) is 30.0 Å². The van der Waals surface area contributed by atoms with Gasteiger partial charge < -0.3 is 19.0 Å². The quantitative estimate of drug-likeness (QED) is 0.255. The van der Waals surface area contributed by atoms with Crippen LogP contribution in [0.4, 0.5) is 13.2 Å². The number of aromatic nitrogens is 7. The number of nitrogens with one attached hydrogen (secondary N) is 1. The van der Waals surface area contributed by atoms with Gasteiger partial charge in [-0.1, -0.05) is 23.7 Å². The first-order chi connectivity index (χ1) is 20.8. The van der Waals surface area contributed by atoms with Crippen LogP contribution in [-0.2, 0) is 43.6 Å². The molecular formula is C29H26ClF3N8O2. The van der Waals surface area contributed by atoms with Crippen LogP contribution in [0.5, 0.6) is 5.88 Å². The molecule has 0 aliphatic carbocycles. The second-order valence-corrected chi connectivity index (χ2v) is 11.1. The van der Waals surface area contributed by atoms with Crippen LogP contribution < -0.4 is 4.74 Å². The molecule has 1 saturated heterocycles.